The lowest BCUT2D eigenvalue weighted by molar-refractivity contribution is -0.174. The normalized spacial score (nSPS) is 19.0. The maximum Gasteiger partial charge on any atom is 0.471 e. The van der Waals surface area contributed by atoms with Crippen molar-refractivity contribution in [3.8, 4) is 11.5 Å². The average Bonchev–Trinajstić information content (AvgIpc) is 2.81. The predicted octanol–water partition coefficient (Wildman–Crippen LogP) is 2.01. The second-order valence-corrected chi connectivity index (χ2v) is 4.57. The van der Waals surface area contributed by atoms with Crippen LogP contribution in [-0.2, 0) is 4.79 Å². The molecule has 1 unspecified atom stereocenters. The Bertz CT molecular complexity index is 628. The fourth-order valence-corrected chi connectivity index (χ4v) is 2.31. The molecule has 1 aliphatic rings. The first kappa shape index (κ1) is 15.9. The Kier molecular flexibility index (Phi) is 4.16. The van der Waals surface area contributed by atoms with Gasteiger partial charge in [0.2, 0.25) is 0 Å². The Morgan fingerprint density at radius 1 is 1.32 bits per heavy atom. The summed E-state index contributed by atoms with van der Waals surface area (Å²) in [5, 5.41) is 13.9. The van der Waals surface area contributed by atoms with Gasteiger partial charge in [-0.2, -0.15) is 13.2 Å². The zero-order valence-corrected chi connectivity index (χ0v) is 11.7. The van der Waals surface area contributed by atoms with Crippen molar-refractivity contribution in [2.75, 3.05) is 14.2 Å². The molecule has 6 nitrogen and oxygen atoms in total. The summed E-state index contributed by atoms with van der Waals surface area (Å²) in [5.74, 6) is -1.42. The number of nitrogens with zero attached hydrogens (tertiary/aromatic N) is 1. The highest BCUT2D eigenvalue weighted by Crippen LogP contribution is 2.40. The molecule has 1 aliphatic carbocycles. The summed E-state index contributed by atoms with van der Waals surface area (Å²) >= 11 is 0. The van der Waals surface area contributed by atoms with Crippen LogP contribution in [0, 0.1) is 0 Å². The number of amides is 1. The van der Waals surface area contributed by atoms with Gasteiger partial charge >= 0.3 is 12.1 Å². The second-order valence-electron chi connectivity index (χ2n) is 4.57. The third-order valence-electron chi connectivity index (χ3n) is 3.32. The molecule has 0 bridgehead atoms. The SMILES string of the molecule is COc1cc2c(cc1OC)C(NC(=O)C(F)(F)F)C/C2=N/O. The van der Waals surface area contributed by atoms with Crippen molar-refractivity contribution < 1.29 is 32.6 Å². The lowest BCUT2D eigenvalue weighted by Crippen LogP contribution is -2.38. The van der Waals surface area contributed by atoms with E-state index in [-0.39, 0.29) is 12.1 Å². The Morgan fingerprint density at radius 3 is 2.41 bits per heavy atom. The molecule has 9 heteroatoms. The lowest BCUT2D eigenvalue weighted by atomic mass is 10.1. The van der Waals surface area contributed by atoms with Gasteiger partial charge in [-0.15, -0.1) is 0 Å². The van der Waals surface area contributed by atoms with E-state index in [1.54, 1.807) is 0 Å². The molecule has 0 fully saturated rings. The van der Waals surface area contributed by atoms with Crippen molar-refractivity contribution in [3.63, 3.8) is 0 Å². The number of benzene rings is 1. The van der Waals surface area contributed by atoms with Crippen LogP contribution in [0.3, 0.4) is 0 Å². The van der Waals surface area contributed by atoms with Crippen LogP contribution in [-0.4, -0.2) is 37.2 Å². The van der Waals surface area contributed by atoms with Gasteiger partial charge in [-0.3, -0.25) is 4.79 Å². The van der Waals surface area contributed by atoms with Crippen molar-refractivity contribution in [2.45, 2.75) is 18.6 Å². The van der Waals surface area contributed by atoms with Gasteiger partial charge in [-0.1, -0.05) is 5.16 Å². The van der Waals surface area contributed by atoms with Crippen molar-refractivity contribution in [3.05, 3.63) is 23.3 Å². The Balaban J connectivity index is 2.42. The van der Waals surface area contributed by atoms with Crippen LogP contribution in [0.25, 0.3) is 0 Å². The molecule has 0 saturated heterocycles. The van der Waals surface area contributed by atoms with E-state index in [9.17, 15) is 18.0 Å². The molecule has 0 aromatic heterocycles. The highest BCUT2D eigenvalue weighted by molar-refractivity contribution is 6.06. The number of nitrogens with one attached hydrogen (secondary N) is 1. The predicted molar refractivity (Wildman–Crippen MR) is 69.4 cm³/mol. The summed E-state index contributed by atoms with van der Waals surface area (Å²) in [5.41, 5.74) is 0.916. The molecule has 1 aromatic carbocycles. The van der Waals surface area contributed by atoms with Crippen molar-refractivity contribution in [1.29, 1.82) is 0 Å². The van der Waals surface area contributed by atoms with Gasteiger partial charge in [0.1, 0.15) is 0 Å². The monoisotopic (exact) mass is 318 g/mol. The molecule has 0 radical (unpaired) electrons. The average molecular weight is 318 g/mol. The minimum atomic E-state index is -4.99. The zero-order chi connectivity index (χ0) is 16.5. The van der Waals surface area contributed by atoms with E-state index in [1.807, 2.05) is 5.32 Å². The number of methoxy groups -OCH3 is 2. The van der Waals surface area contributed by atoms with Gasteiger partial charge in [-0.25, -0.2) is 0 Å². The summed E-state index contributed by atoms with van der Waals surface area (Å²) in [4.78, 5) is 11.1. The maximum atomic E-state index is 12.4. The first-order valence-electron chi connectivity index (χ1n) is 6.16. The Morgan fingerprint density at radius 2 is 1.91 bits per heavy atom. The Hall–Kier alpha value is -2.45. The largest absolute Gasteiger partial charge is 0.493 e. The standard InChI is InChI=1S/C13H13F3N2O4/c1-21-10-3-6-7(4-11(10)22-2)9(18-20)5-8(6)17-12(19)13(14,15)16/h3-4,8,20H,5H2,1-2H3,(H,17,19)/b18-9-. The van der Waals surface area contributed by atoms with E-state index in [4.69, 9.17) is 14.7 Å². The molecule has 2 N–H and O–H groups in total. The summed E-state index contributed by atoms with van der Waals surface area (Å²) < 4.78 is 47.3. The molecular weight excluding hydrogens is 305 g/mol. The first-order chi connectivity index (χ1) is 10.3. The van der Waals surface area contributed by atoms with E-state index in [0.29, 0.717) is 22.6 Å². The lowest BCUT2D eigenvalue weighted by Gasteiger charge is -2.16. The number of ether oxygens (including phenoxy) is 2. The molecule has 0 spiro atoms. The number of halogens is 3. The molecule has 22 heavy (non-hydrogen) atoms. The van der Waals surface area contributed by atoms with Crippen LogP contribution in [0.1, 0.15) is 23.6 Å². The summed E-state index contributed by atoms with van der Waals surface area (Å²) in [7, 11) is 2.78. The highest BCUT2D eigenvalue weighted by atomic mass is 19.4. The van der Waals surface area contributed by atoms with Crippen LogP contribution in [0.2, 0.25) is 0 Å². The number of alkyl halides is 3. The van der Waals surface area contributed by atoms with Crippen LogP contribution >= 0.6 is 0 Å². The molecular formula is C13H13F3N2O4. The summed E-state index contributed by atoms with van der Waals surface area (Å²) in [6.45, 7) is 0. The van der Waals surface area contributed by atoms with E-state index in [1.165, 1.54) is 26.4 Å². The molecule has 0 heterocycles. The van der Waals surface area contributed by atoms with Crippen molar-refractivity contribution in [2.24, 2.45) is 5.16 Å². The maximum absolute atomic E-state index is 12.4. The Labute approximate surface area is 123 Å². The van der Waals surface area contributed by atoms with Crippen LogP contribution in [0.5, 0.6) is 11.5 Å². The molecule has 0 aliphatic heterocycles. The third kappa shape index (κ3) is 2.78. The van der Waals surface area contributed by atoms with E-state index < -0.39 is 18.1 Å². The van der Waals surface area contributed by atoms with E-state index in [0.717, 1.165) is 0 Å². The molecule has 1 amide bonds. The van der Waals surface area contributed by atoms with Gasteiger partial charge in [0.15, 0.2) is 11.5 Å². The number of fused-ring (bicyclic) bond motifs is 1. The number of carbonyl (C=O) groups excluding carboxylic acids is 1. The zero-order valence-electron chi connectivity index (χ0n) is 11.7. The smallest absolute Gasteiger partial charge is 0.471 e. The first-order valence-corrected chi connectivity index (χ1v) is 6.16. The minimum absolute atomic E-state index is 0.0655. The number of carbonyl (C=O) groups is 1. The summed E-state index contributed by atoms with van der Waals surface area (Å²) in [6.07, 6.45) is -5.06. The van der Waals surface area contributed by atoms with Gasteiger partial charge in [0.05, 0.1) is 26.0 Å². The van der Waals surface area contributed by atoms with Gasteiger partial charge in [0.25, 0.3) is 0 Å². The number of hydrogen-bond donors (Lipinski definition) is 2. The van der Waals surface area contributed by atoms with E-state index in [2.05, 4.69) is 5.16 Å². The quantitative estimate of drug-likeness (QED) is 0.660. The van der Waals surface area contributed by atoms with E-state index >= 15 is 0 Å². The van der Waals surface area contributed by atoms with Crippen molar-refractivity contribution in [1.82, 2.24) is 5.32 Å². The molecule has 0 saturated carbocycles. The third-order valence-corrected chi connectivity index (χ3v) is 3.32. The highest BCUT2D eigenvalue weighted by Gasteiger charge is 2.42. The topological polar surface area (TPSA) is 80.2 Å². The fraction of sp³-hybridized carbons (Fsp3) is 0.385. The molecule has 1 atom stereocenters. The number of rotatable bonds is 3. The molecule has 1 aromatic rings. The molecule has 120 valence electrons. The summed E-state index contributed by atoms with van der Waals surface area (Å²) in [6, 6.07) is 1.98. The fourth-order valence-electron chi connectivity index (χ4n) is 2.31. The van der Waals surface area contributed by atoms with Crippen molar-refractivity contribution >= 4 is 11.6 Å². The van der Waals surface area contributed by atoms with Crippen LogP contribution in [0.4, 0.5) is 13.2 Å². The second kappa shape index (κ2) is 5.74. The van der Waals surface area contributed by atoms with Gasteiger partial charge < -0.3 is 20.0 Å². The number of hydrogen-bond acceptors (Lipinski definition) is 5. The van der Waals surface area contributed by atoms with Gasteiger partial charge in [-0.05, 0) is 17.7 Å². The minimum Gasteiger partial charge on any atom is -0.493 e. The molecule has 2 rings (SSSR count). The van der Waals surface area contributed by atoms with Crippen LogP contribution < -0.4 is 14.8 Å². The number of oxime groups is 1. The van der Waals surface area contributed by atoms with Gasteiger partial charge in [0, 0.05) is 12.0 Å². The van der Waals surface area contributed by atoms with Crippen LogP contribution in [0.15, 0.2) is 17.3 Å².